The zero-order valence-corrected chi connectivity index (χ0v) is 16.7. The van der Waals surface area contributed by atoms with Gasteiger partial charge in [-0.2, -0.15) is 0 Å². The summed E-state index contributed by atoms with van der Waals surface area (Å²) in [7, 11) is 1.61. The molecule has 1 amide bonds. The van der Waals surface area contributed by atoms with Gasteiger partial charge >= 0.3 is 0 Å². The Balaban J connectivity index is 1.62. The van der Waals surface area contributed by atoms with Gasteiger partial charge in [-0.25, -0.2) is 14.4 Å². The number of aromatic nitrogens is 2. The number of nitrogens with two attached hydrogens (primary N) is 1. The number of methoxy groups -OCH3 is 1. The first-order chi connectivity index (χ1) is 14.5. The molecule has 1 fully saturated rings. The fourth-order valence-electron chi connectivity index (χ4n) is 3.88. The van der Waals surface area contributed by atoms with E-state index in [0.29, 0.717) is 18.7 Å². The molecule has 7 heteroatoms. The highest BCUT2D eigenvalue weighted by molar-refractivity contribution is 5.80. The van der Waals surface area contributed by atoms with Crippen LogP contribution in [0.2, 0.25) is 0 Å². The van der Waals surface area contributed by atoms with Crippen LogP contribution in [0.1, 0.15) is 30.1 Å². The molecule has 1 aliphatic rings. The monoisotopic (exact) mass is 406 g/mol. The molecule has 0 saturated carbocycles. The maximum Gasteiger partial charge on any atom is 0.227 e. The summed E-state index contributed by atoms with van der Waals surface area (Å²) >= 11 is 0. The van der Waals surface area contributed by atoms with E-state index in [0.717, 1.165) is 35.3 Å². The molecule has 2 heterocycles. The van der Waals surface area contributed by atoms with Gasteiger partial charge in [-0.05, 0) is 48.2 Å². The van der Waals surface area contributed by atoms with Crippen molar-refractivity contribution in [2.24, 2.45) is 0 Å². The fourth-order valence-corrected chi connectivity index (χ4v) is 3.88. The first-order valence-corrected chi connectivity index (χ1v) is 9.86. The highest BCUT2D eigenvalue weighted by Gasteiger charge is 2.33. The molecule has 3 aromatic rings. The lowest BCUT2D eigenvalue weighted by molar-refractivity contribution is -0.131. The van der Waals surface area contributed by atoms with Crippen LogP contribution in [0, 0.1) is 5.82 Å². The molecule has 0 radical (unpaired) electrons. The summed E-state index contributed by atoms with van der Waals surface area (Å²) in [4.78, 5) is 23.6. The third kappa shape index (κ3) is 4.10. The summed E-state index contributed by atoms with van der Waals surface area (Å²) in [5.41, 5.74) is 9.05. The quantitative estimate of drug-likeness (QED) is 0.697. The van der Waals surface area contributed by atoms with Crippen LogP contribution in [0.5, 0.6) is 5.75 Å². The molecule has 2 N–H and O–H groups in total. The zero-order valence-electron chi connectivity index (χ0n) is 16.7. The molecule has 0 spiro atoms. The van der Waals surface area contributed by atoms with Crippen molar-refractivity contribution in [2.45, 2.75) is 25.3 Å². The van der Waals surface area contributed by atoms with E-state index in [4.69, 9.17) is 10.5 Å². The van der Waals surface area contributed by atoms with Crippen LogP contribution >= 0.6 is 0 Å². The van der Waals surface area contributed by atoms with Gasteiger partial charge in [0.25, 0.3) is 0 Å². The third-order valence-corrected chi connectivity index (χ3v) is 5.40. The Hall–Kier alpha value is -3.48. The van der Waals surface area contributed by atoms with Gasteiger partial charge in [-0.15, -0.1) is 0 Å². The second-order valence-corrected chi connectivity index (χ2v) is 7.30. The second-order valence-electron chi connectivity index (χ2n) is 7.30. The molecule has 1 saturated heterocycles. The van der Waals surface area contributed by atoms with Gasteiger partial charge in [-0.1, -0.05) is 24.3 Å². The molecule has 2 aromatic carbocycles. The van der Waals surface area contributed by atoms with E-state index in [-0.39, 0.29) is 23.7 Å². The van der Waals surface area contributed by atoms with Crippen molar-refractivity contribution < 1.29 is 13.9 Å². The van der Waals surface area contributed by atoms with E-state index in [1.54, 1.807) is 25.4 Å². The van der Waals surface area contributed by atoms with Crippen LogP contribution < -0.4 is 10.5 Å². The van der Waals surface area contributed by atoms with Crippen LogP contribution in [0.3, 0.4) is 0 Å². The molecule has 1 atom stereocenters. The predicted octanol–water partition coefficient (Wildman–Crippen LogP) is 3.78. The first kappa shape index (κ1) is 19.8. The van der Waals surface area contributed by atoms with Crippen molar-refractivity contribution in [1.29, 1.82) is 0 Å². The highest BCUT2D eigenvalue weighted by Crippen LogP contribution is 2.37. The van der Waals surface area contributed by atoms with Crippen LogP contribution in [-0.4, -0.2) is 34.4 Å². The zero-order chi connectivity index (χ0) is 21.1. The number of hydrogen-bond acceptors (Lipinski definition) is 5. The molecule has 30 heavy (non-hydrogen) atoms. The number of benzene rings is 2. The molecule has 4 rings (SSSR count). The van der Waals surface area contributed by atoms with Gasteiger partial charge in [0.2, 0.25) is 11.9 Å². The standard InChI is InChI=1S/C23H23FN4O2/c1-30-18-10-4-15(5-11-18)13-21(29)28-12-2-3-20(28)22-19(14-26-23(25)27-22)16-6-8-17(24)9-7-16/h4-11,14,20H,2-3,12-13H2,1H3,(H2,25,26,27)/t20-/m0/s1. The lowest BCUT2D eigenvalue weighted by atomic mass is 9.99. The topological polar surface area (TPSA) is 81.3 Å². The van der Waals surface area contributed by atoms with Gasteiger partial charge in [0.05, 0.1) is 25.3 Å². The van der Waals surface area contributed by atoms with Crippen molar-refractivity contribution in [3.05, 3.63) is 71.8 Å². The molecule has 0 unspecified atom stereocenters. The minimum absolute atomic E-state index is 0.0323. The Bertz CT molecular complexity index is 1040. The van der Waals surface area contributed by atoms with Crippen LogP contribution in [0.4, 0.5) is 10.3 Å². The minimum atomic E-state index is -0.311. The van der Waals surface area contributed by atoms with Crippen molar-refractivity contribution in [2.75, 3.05) is 19.4 Å². The Morgan fingerprint density at radius 3 is 2.63 bits per heavy atom. The Labute approximate surface area is 174 Å². The third-order valence-electron chi connectivity index (χ3n) is 5.40. The molecule has 1 aliphatic heterocycles. The number of carbonyl (C=O) groups is 1. The smallest absolute Gasteiger partial charge is 0.227 e. The lowest BCUT2D eigenvalue weighted by Gasteiger charge is -2.26. The summed E-state index contributed by atoms with van der Waals surface area (Å²) in [5, 5.41) is 0. The molecular formula is C23H23FN4O2. The van der Waals surface area contributed by atoms with Crippen LogP contribution in [-0.2, 0) is 11.2 Å². The molecule has 1 aromatic heterocycles. The number of halogens is 1. The van der Waals surface area contributed by atoms with Crippen LogP contribution in [0.25, 0.3) is 11.1 Å². The highest BCUT2D eigenvalue weighted by atomic mass is 19.1. The minimum Gasteiger partial charge on any atom is -0.497 e. The van der Waals surface area contributed by atoms with Gasteiger partial charge in [0.1, 0.15) is 11.6 Å². The Kier molecular flexibility index (Phi) is 5.61. The van der Waals surface area contributed by atoms with Crippen molar-refractivity contribution in [3.63, 3.8) is 0 Å². The first-order valence-electron chi connectivity index (χ1n) is 9.86. The van der Waals surface area contributed by atoms with E-state index >= 15 is 0 Å². The number of nitrogens with zero attached hydrogens (tertiary/aromatic N) is 3. The number of amides is 1. The summed E-state index contributed by atoms with van der Waals surface area (Å²) < 4.78 is 18.6. The summed E-state index contributed by atoms with van der Waals surface area (Å²) in [6, 6.07) is 13.5. The lowest BCUT2D eigenvalue weighted by Crippen LogP contribution is -2.32. The van der Waals surface area contributed by atoms with Crippen molar-refractivity contribution >= 4 is 11.9 Å². The van der Waals surface area contributed by atoms with Crippen molar-refractivity contribution in [3.8, 4) is 16.9 Å². The molecular weight excluding hydrogens is 383 g/mol. The fraction of sp³-hybridized carbons (Fsp3) is 0.261. The van der Waals surface area contributed by atoms with Gasteiger partial charge in [-0.3, -0.25) is 4.79 Å². The normalized spacial score (nSPS) is 15.9. The Morgan fingerprint density at radius 2 is 1.93 bits per heavy atom. The van der Waals surface area contributed by atoms with E-state index in [2.05, 4.69) is 9.97 Å². The summed E-state index contributed by atoms with van der Waals surface area (Å²) in [6.45, 7) is 0.659. The molecule has 0 bridgehead atoms. The summed E-state index contributed by atoms with van der Waals surface area (Å²) in [5.74, 6) is 0.634. The number of ether oxygens (including phenoxy) is 1. The maximum atomic E-state index is 13.4. The van der Waals surface area contributed by atoms with E-state index in [1.807, 2.05) is 29.2 Å². The van der Waals surface area contributed by atoms with E-state index in [9.17, 15) is 9.18 Å². The number of rotatable bonds is 5. The number of nitrogen functional groups attached to an aromatic ring is 1. The second kappa shape index (κ2) is 8.49. The van der Waals surface area contributed by atoms with Gasteiger partial charge in [0, 0.05) is 18.3 Å². The Morgan fingerprint density at radius 1 is 1.20 bits per heavy atom. The van der Waals surface area contributed by atoms with Crippen molar-refractivity contribution in [1.82, 2.24) is 14.9 Å². The number of likely N-dealkylation sites (tertiary alicyclic amines) is 1. The largest absolute Gasteiger partial charge is 0.497 e. The molecule has 6 nitrogen and oxygen atoms in total. The molecule has 0 aliphatic carbocycles. The SMILES string of the molecule is COc1ccc(CC(=O)N2CCC[C@H]2c2nc(N)ncc2-c2ccc(F)cc2)cc1. The number of hydrogen-bond donors (Lipinski definition) is 1. The molecule has 154 valence electrons. The predicted molar refractivity (Wildman–Crippen MR) is 112 cm³/mol. The van der Waals surface area contributed by atoms with E-state index < -0.39 is 0 Å². The summed E-state index contributed by atoms with van der Waals surface area (Å²) in [6.07, 6.45) is 3.62. The number of anilines is 1. The van der Waals surface area contributed by atoms with Gasteiger partial charge < -0.3 is 15.4 Å². The maximum absolute atomic E-state index is 13.4. The van der Waals surface area contributed by atoms with E-state index in [1.165, 1.54) is 12.1 Å². The van der Waals surface area contributed by atoms with Crippen LogP contribution in [0.15, 0.2) is 54.7 Å². The van der Waals surface area contributed by atoms with Gasteiger partial charge in [0.15, 0.2) is 0 Å². The average molecular weight is 406 g/mol. The average Bonchev–Trinajstić information content (AvgIpc) is 3.25. The number of carbonyl (C=O) groups excluding carboxylic acids is 1.